The summed E-state index contributed by atoms with van der Waals surface area (Å²) in [5.74, 6) is 1.41. The molecule has 7 heteroatoms. The Labute approximate surface area is 170 Å². The molecule has 3 rings (SSSR count). The van der Waals surface area contributed by atoms with Crippen molar-refractivity contribution in [2.45, 2.75) is 25.9 Å². The maximum atomic E-state index is 12.5. The van der Waals surface area contributed by atoms with Gasteiger partial charge in [-0.3, -0.25) is 0 Å². The van der Waals surface area contributed by atoms with Crippen LogP contribution in [0.2, 0.25) is 0 Å². The fourth-order valence-electron chi connectivity index (χ4n) is 3.12. The molecule has 0 saturated heterocycles. The topological polar surface area (TPSA) is 77.4 Å². The highest BCUT2D eigenvalue weighted by molar-refractivity contribution is 5.75. The largest absolute Gasteiger partial charge is 0.497 e. The third-order valence-corrected chi connectivity index (χ3v) is 4.79. The first-order valence-corrected chi connectivity index (χ1v) is 9.39. The number of carbonyl (C=O) groups excluding carboxylic acids is 1. The van der Waals surface area contributed by atoms with Crippen LogP contribution in [0.3, 0.4) is 0 Å². The van der Waals surface area contributed by atoms with Crippen molar-refractivity contribution in [3.05, 3.63) is 72.3 Å². The van der Waals surface area contributed by atoms with Crippen LogP contribution in [-0.2, 0) is 0 Å². The molecule has 0 fully saturated rings. The van der Waals surface area contributed by atoms with E-state index in [4.69, 9.17) is 9.47 Å². The molecule has 7 nitrogen and oxygen atoms in total. The lowest BCUT2D eigenvalue weighted by atomic mass is 10.1. The molecule has 1 heterocycles. The summed E-state index contributed by atoms with van der Waals surface area (Å²) in [6.07, 6.45) is 5.37. The van der Waals surface area contributed by atoms with Crippen molar-refractivity contribution in [2.24, 2.45) is 0 Å². The van der Waals surface area contributed by atoms with Crippen LogP contribution in [0.25, 0.3) is 5.69 Å². The first-order valence-electron chi connectivity index (χ1n) is 9.39. The van der Waals surface area contributed by atoms with Crippen LogP contribution in [0.15, 0.2) is 61.2 Å². The Kier molecular flexibility index (Phi) is 6.39. The Morgan fingerprint density at radius 1 is 1.00 bits per heavy atom. The quantitative estimate of drug-likeness (QED) is 0.635. The van der Waals surface area contributed by atoms with Crippen molar-refractivity contribution in [3.63, 3.8) is 0 Å². The van der Waals surface area contributed by atoms with Gasteiger partial charge >= 0.3 is 6.03 Å². The Morgan fingerprint density at radius 2 is 1.72 bits per heavy atom. The zero-order chi connectivity index (χ0) is 20.8. The molecule has 0 aliphatic carbocycles. The molecule has 2 aromatic carbocycles. The summed E-state index contributed by atoms with van der Waals surface area (Å²) >= 11 is 0. The molecule has 2 amide bonds. The number of hydrogen-bond donors (Lipinski definition) is 2. The first-order chi connectivity index (χ1) is 14.0. The Bertz CT molecular complexity index is 939. The Balaban J connectivity index is 1.63. The van der Waals surface area contributed by atoms with Crippen molar-refractivity contribution in [1.82, 2.24) is 20.2 Å². The Morgan fingerprint density at radius 3 is 2.34 bits per heavy atom. The minimum absolute atomic E-state index is 0.147. The molecule has 0 radical (unpaired) electrons. The number of amides is 2. The second kappa shape index (κ2) is 9.14. The van der Waals surface area contributed by atoms with Gasteiger partial charge in [-0.05, 0) is 49.7 Å². The van der Waals surface area contributed by atoms with E-state index in [1.54, 1.807) is 26.7 Å². The molecular formula is C22H26N4O3. The van der Waals surface area contributed by atoms with Crippen LogP contribution < -0.4 is 20.1 Å². The molecule has 0 aliphatic heterocycles. The van der Waals surface area contributed by atoms with Gasteiger partial charge < -0.3 is 24.7 Å². The minimum atomic E-state index is -0.256. The van der Waals surface area contributed by atoms with Gasteiger partial charge in [0.1, 0.15) is 11.5 Å². The van der Waals surface area contributed by atoms with Gasteiger partial charge in [-0.15, -0.1) is 0 Å². The minimum Gasteiger partial charge on any atom is -0.497 e. The summed E-state index contributed by atoms with van der Waals surface area (Å²) in [5, 5.41) is 5.93. The molecule has 152 valence electrons. The third kappa shape index (κ3) is 4.87. The van der Waals surface area contributed by atoms with Crippen LogP contribution in [0.4, 0.5) is 4.79 Å². The Hall–Kier alpha value is -3.48. The highest BCUT2D eigenvalue weighted by atomic mass is 16.5. The summed E-state index contributed by atoms with van der Waals surface area (Å²) in [6.45, 7) is 3.85. The highest BCUT2D eigenvalue weighted by Gasteiger charge is 2.17. The van der Waals surface area contributed by atoms with Crippen molar-refractivity contribution >= 4 is 6.03 Å². The summed E-state index contributed by atoms with van der Waals surface area (Å²) < 4.78 is 12.6. The molecule has 0 aliphatic rings. The number of hydrogen-bond acceptors (Lipinski definition) is 4. The number of imidazole rings is 1. The van der Waals surface area contributed by atoms with Gasteiger partial charge in [0.25, 0.3) is 0 Å². The fourth-order valence-corrected chi connectivity index (χ4v) is 3.12. The second-order valence-electron chi connectivity index (χ2n) is 6.73. The number of aromatic nitrogens is 2. The van der Waals surface area contributed by atoms with Crippen molar-refractivity contribution < 1.29 is 14.3 Å². The van der Waals surface area contributed by atoms with Gasteiger partial charge in [0.15, 0.2) is 0 Å². The smallest absolute Gasteiger partial charge is 0.315 e. The van der Waals surface area contributed by atoms with Crippen molar-refractivity contribution in [1.29, 1.82) is 0 Å². The van der Waals surface area contributed by atoms with Crippen LogP contribution in [0.1, 0.15) is 37.1 Å². The SMILES string of the molecule is COc1ccc(OC)c([C@H](C)NC(=O)N[C@@H](C)c2ccc(-n3ccnc3)cc2)c1. The normalized spacial score (nSPS) is 12.7. The lowest BCUT2D eigenvalue weighted by Crippen LogP contribution is -2.38. The predicted octanol–water partition coefficient (Wildman–Crippen LogP) is 4.01. The molecule has 0 saturated carbocycles. The van der Waals surface area contributed by atoms with Gasteiger partial charge in [-0.2, -0.15) is 0 Å². The number of methoxy groups -OCH3 is 2. The van der Waals surface area contributed by atoms with Crippen molar-refractivity contribution in [3.8, 4) is 17.2 Å². The van der Waals surface area contributed by atoms with Gasteiger partial charge in [0.05, 0.1) is 32.6 Å². The van der Waals surface area contributed by atoms with Gasteiger partial charge in [-0.25, -0.2) is 9.78 Å². The predicted molar refractivity (Wildman–Crippen MR) is 112 cm³/mol. The molecule has 0 unspecified atom stereocenters. The lowest BCUT2D eigenvalue weighted by molar-refractivity contribution is 0.234. The number of rotatable bonds is 7. The van der Waals surface area contributed by atoms with E-state index >= 15 is 0 Å². The second-order valence-corrected chi connectivity index (χ2v) is 6.73. The average molecular weight is 394 g/mol. The van der Waals surface area contributed by atoms with Crippen molar-refractivity contribution in [2.75, 3.05) is 14.2 Å². The molecular weight excluding hydrogens is 368 g/mol. The molecule has 0 spiro atoms. The standard InChI is InChI=1S/C22H26N4O3/c1-15(17-5-7-18(8-6-17)26-12-11-23-14-26)24-22(27)25-16(2)20-13-19(28-3)9-10-21(20)29-4/h5-16H,1-4H3,(H2,24,25,27)/t15-,16-/m0/s1. The van der Waals surface area contributed by atoms with E-state index in [1.165, 1.54) is 0 Å². The summed E-state index contributed by atoms with van der Waals surface area (Å²) in [7, 11) is 3.21. The highest BCUT2D eigenvalue weighted by Crippen LogP contribution is 2.29. The van der Waals surface area contributed by atoms with Crippen LogP contribution in [-0.4, -0.2) is 29.8 Å². The lowest BCUT2D eigenvalue weighted by Gasteiger charge is -2.21. The first kappa shape index (κ1) is 20.3. The number of nitrogens with one attached hydrogen (secondary N) is 2. The molecule has 3 aromatic rings. The summed E-state index contributed by atoms with van der Waals surface area (Å²) in [4.78, 5) is 16.6. The summed E-state index contributed by atoms with van der Waals surface area (Å²) in [6, 6.07) is 12.8. The van der Waals surface area contributed by atoms with Gasteiger partial charge in [-0.1, -0.05) is 12.1 Å². The monoisotopic (exact) mass is 394 g/mol. The number of nitrogens with zero attached hydrogens (tertiary/aromatic N) is 2. The maximum absolute atomic E-state index is 12.5. The van der Waals surface area contributed by atoms with Crippen LogP contribution >= 0.6 is 0 Å². The summed E-state index contributed by atoms with van der Waals surface area (Å²) in [5.41, 5.74) is 2.87. The van der Waals surface area contributed by atoms with E-state index in [2.05, 4.69) is 15.6 Å². The molecule has 2 N–H and O–H groups in total. The third-order valence-electron chi connectivity index (χ3n) is 4.79. The molecule has 0 bridgehead atoms. The number of carbonyl (C=O) groups is 1. The number of ether oxygens (including phenoxy) is 2. The molecule has 1 aromatic heterocycles. The zero-order valence-corrected chi connectivity index (χ0v) is 17.0. The number of benzene rings is 2. The number of urea groups is 1. The van der Waals surface area contributed by atoms with Crippen LogP contribution in [0, 0.1) is 0 Å². The van der Waals surface area contributed by atoms with E-state index in [1.807, 2.05) is 67.1 Å². The van der Waals surface area contributed by atoms with E-state index in [0.717, 1.165) is 16.8 Å². The van der Waals surface area contributed by atoms with Gasteiger partial charge in [0.2, 0.25) is 0 Å². The average Bonchev–Trinajstić information content (AvgIpc) is 3.28. The maximum Gasteiger partial charge on any atom is 0.315 e. The van der Waals surface area contributed by atoms with E-state index < -0.39 is 0 Å². The zero-order valence-electron chi connectivity index (χ0n) is 17.0. The van der Waals surface area contributed by atoms with Gasteiger partial charge in [0, 0.05) is 23.6 Å². The van der Waals surface area contributed by atoms with E-state index in [9.17, 15) is 4.79 Å². The molecule has 2 atom stereocenters. The molecule has 29 heavy (non-hydrogen) atoms. The van der Waals surface area contributed by atoms with Crippen LogP contribution in [0.5, 0.6) is 11.5 Å². The van der Waals surface area contributed by atoms with E-state index in [0.29, 0.717) is 11.5 Å². The van der Waals surface area contributed by atoms with E-state index in [-0.39, 0.29) is 18.1 Å². The fraction of sp³-hybridized carbons (Fsp3) is 0.273.